The molecule has 0 radical (unpaired) electrons. The van der Waals surface area contributed by atoms with Gasteiger partial charge in [0.25, 0.3) is 5.56 Å². The standard InChI is InChI=1S/C21H13ClF3N5O2/c22-14-5-7-15(8-6-14)28-17(31)10-30-11-27-19-16(20(30)32)9-26-18(29-19)12-1-3-13(4-2-12)21(23,24)25/h1-9,11H,10H2,(H,28,31). The summed E-state index contributed by atoms with van der Waals surface area (Å²) in [5.74, 6) is -0.325. The van der Waals surface area contributed by atoms with Crippen LogP contribution in [0.4, 0.5) is 18.9 Å². The van der Waals surface area contributed by atoms with Gasteiger partial charge in [0.15, 0.2) is 11.5 Å². The summed E-state index contributed by atoms with van der Waals surface area (Å²) in [6.45, 7) is -0.287. The monoisotopic (exact) mass is 459 g/mol. The molecular formula is C21H13ClF3N5O2. The number of benzene rings is 2. The van der Waals surface area contributed by atoms with Gasteiger partial charge in [-0.1, -0.05) is 23.7 Å². The third-order valence-electron chi connectivity index (χ3n) is 4.49. The SMILES string of the molecule is O=C(Cn1cnc2nc(-c3ccc(C(F)(F)F)cc3)ncc2c1=O)Nc1ccc(Cl)cc1. The van der Waals surface area contributed by atoms with Gasteiger partial charge < -0.3 is 5.32 Å². The van der Waals surface area contributed by atoms with Crippen molar-refractivity contribution in [1.82, 2.24) is 19.5 Å². The molecule has 0 unspecified atom stereocenters. The average molecular weight is 460 g/mol. The Morgan fingerprint density at radius 1 is 1.03 bits per heavy atom. The first-order valence-electron chi connectivity index (χ1n) is 9.16. The van der Waals surface area contributed by atoms with Gasteiger partial charge in [0, 0.05) is 22.5 Å². The number of alkyl halides is 3. The van der Waals surface area contributed by atoms with Crippen LogP contribution >= 0.6 is 11.6 Å². The van der Waals surface area contributed by atoms with Crippen molar-refractivity contribution in [2.45, 2.75) is 12.7 Å². The molecule has 0 spiro atoms. The fourth-order valence-corrected chi connectivity index (χ4v) is 3.03. The summed E-state index contributed by atoms with van der Waals surface area (Å²) in [6, 6.07) is 10.8. The van der Waals surface area contributed by atoms with Crippen molar-refractivity contribution in [3.8, 4) is 11.4 Å². The summed E-state index contributed by atoms with van der Waals surface area (Å²) < 4.78 is 39.3. The predicted molar refractivity (Wildman–Crippen MR) is 112 cm³/mol. The molecule has 2 aromatic heterocycles. The first-order chi connectivity index (χ1) is 15.2. The van der Waals surface area contributed by atoms with E-state index >= 15 is 0 Å². The molecule has 0 aliphatic heterocycles. The van der Waals surface area contributed by atoms with Crippen molar-refractivity contribution in [2.75, 3.05) is 5.32 Å². The van der Waals surface area contributed by atoms with Crippen LogP contribution in [0, 0.1) is 0 Å². The molecule has 0 bridgehead atoms. The van der Waals surface area contributed by atoms with Crippen LogP contribution in [-0.2, 0) is 17.5 Å². The van der Waals surface area contributed by atoms with Crippen molar-refractivity contribution in [3.05, 3.63) is 82.0 Å². The van der Waals surface area contributed by atoms with Crippen LogP contribution in [0.3, 0.4) is 0 Å². The number of carbonyl (C=O) groups excluding carboxylic acids is 1. The molecule has 0 aliphatic rings. The number of halogens is 4. The minimum absolute atomic E-state index is 0.0641. The van der Waals surface area contributed by atoms with E-state index in [0.717, 1.165) is 16.7 Å². The summed E-state index contributed by atoms with van der Waals surface area (Å²) in [4.78, 5) is 37.3. The summed E-state index contributed by atoms with van der Waals surface area (Å²) in [5.41, 5.74) is -0.395. The summed E-state index contributed by atoms with van der Waals surface area (Å²) in [5, 5.41) is 3.24. The van der Waals surface area contributed by atoms with Gasteiger partial charge in [-0.25, -0.2) is 15.0 Å². The van der Waals surface area contributed by atoms with Crippen LogP contribution < -0.4 is 10.9 Å². The molecule has 7 nitrogen and oxygen atoms in total. The second kappa shape index (κ2) is 8.39. The Morgan fingerprint density at radius 2 is 1.72 bits per heavy atom. The van der Waals surface area contributed by atoms with Gasteiger partial charge in [-0.2, -0.15) is 13.2 Å². The minimum Gasteiger partial charge on any atom is -0.325 e. The smallest absolute Gasteiger partial charge is 0.325 e. The van der Waals surface area contributed by atoms with Crippen molar-refractivity contribution in [3.63, 3.8) is 0 Å². The molecule has 0 atom stereocenters. The molecule has 162 valence electrons. The van der Waals surface area contributed by atoms with Crippen LogP contribution in [-0.4, -0.2) is 25.4 Å². The van der Waals surface area contributed by atoms with E-state index in [-0.39, 0.29) is 23.4 Å². The number of anilines is 1. The normalized spacial score (nSPS) is 11.5. The molecule has 0 aliphatic carbocycles. The molecule has 11 heteroatoms. The Morgan fingerprint density at radius 3 is 2.38 bits per heavy atom. The maximum Gasteiger partial charge on any atom is 0.416 e. The van der Waals surface area contributed by atoms with Crippen molar-refractivity contribution in [1.29, 1.82) is 0 Å². The second-order valence-electron chi connectivity index (χ2n) is 6.74. The first kappa shape index (κ1) is 21.4. The van der Waals surface area contributed by atoms with Crippen molar-refractivity contribution >= 4 is 34.2 Å². The minimum atomic E-state index is -4.45. The van der Waals surface area contributed by atoms with E-state index in [2.05, 4.69) is 20.3 Å². The van der Waals surface area contributed by atoms with Crippen molar-refractivity contribution in [2.24, 2.45) is 0 Å². The topological polar surface area (TPSA) is 89.8 Å². The first-order valence-corrected chi connectivity index (χ1v) is 9.54. The Kier molecular flexibility index (Phi) is 5.62. The Balaban J connectivity index is 1.56. The number of carbonyl (C=O) groups is 1. The van der Waals surface area contributed by atoms with Gasteiger partial charge in [0.2, 0.25) is 5.91 Å². The molecule has 0 saturated carbocycles. The van der Waals surface area contributed by atoms with Gasteiger partial charge in [-0.3, -0.25) is 14.2 Å². The number of nitrogens with zero attached hydrogens (tertiary/aromatic N) is 4. The highest BCUT2D eigenvalue weighted by atomic mass is 35.5. The zero-order valence-electron chi connectivity index (χ0n) is 16.1. The van der Waals surface area contributed by atoms with E-state index in [4.69, 9.17) is 11.6 Å². The highest BCUT2D eigenvalue weighted by Crippen LogP contribution is 2.30. The molecule has 1 N–H and O–H groups in total. The van der Waals surface area contributed by atoms with Crippen molar-refractivity contribution < 1.29 is 18.0 Å². The second-order valence-corrected chi connectivity index (χ2v) is 7.18. The maximum atomic E-state index is 12.7. The Hall–Kier alpha value is -3.79. The molecular weight excluding hydrogens is 447 g/mol. The molecule has 2 aromatic carbocycles. The zero-order valence-corrected chi connectivity index (χ0v) is 16.9. The molecule has 2 heterocycles. The summed E-state index contributed by atoms with van der Waals surface area (Å²) in [7, 11) is 0. The van der Waals surface area contributed by atoms with Crippen LogP contribution in [0.1, 0.15) is 5.56 Å². The summed E-state index contributed by atoms with van der Waals surface area (Å²) >= 11 is 5.81. The fraction of sp³-hybridized carbons (Fsp3) is 0.0952. The van der Waals surface area contributed by atoms with E-state index in [1.54, 1.807) is 24.3 Å². The Labute approximate surface area is 183 Å². The van der Waals surface area contributed by atoms with Crippen LogP contribution in [0.5, 0.6) is 0 Å². The van der Waals surface area contributed by atoms with Crippen LogP contribution in [0.15, 0.2) is 65.8 Å². The number of aromatic nitrogens is 4. The lowest BCUT2D eigenvalue weighted by molar-refractivity contribution is -0.137. The van der Waals surface area contributed by atoms with Gasteiger partial charge in [0.05, 0.1) is 5.56 Å². The lowest BCUT2D eigenvalue weighted by Crippen LogP contribution is -2.28. The molecule has 0 saturated heterocycles. The lowest BCUT2D eigenvalue weighted by atomic mass is 10.1. The highest BCUT2D eigenvalue weighted by Gasteiger charge is 2.30. The average Bonchev–Trinajstić information content (AvgIpc) is 2.76. The zero-order chi connectivity index (χ0) is 22.9. The predicted octanol–water partition coefficient (Wildman–Crippen LogP) is 4.16. The third-order valence-corrected chi connectivity index (χ3v) is 4.74. The number of nitrogens with one attached hydrogen (secondary N) is 1. The fourth-order valence-electron chi connectivity index (χ4n) is 2.90. The highest BCUT2D eigenvalue weighted by molar-refractivity contribution is 6.30. The number of fused-ring (bicyclic) bond motifs is 1. The molecule has 1 amide bonds. The molecule has 32 heavy (non-hydrogen) atoms. The number of rotatable bonds is 4. The molecule has 4 rings (SSSR count). The van der Waals surface area contributed by atoms with E-state index in [1.165, 1.54) is 24.7 Å². The number of amides is 1. The van der Waals surface area contributed by atoms with Gasteiger partial charge in [0.1, 0.15) is 18.3 Å². The third kappa shape index (κ3) is 4.59. The molecule has 0 fully saturated rings. The van der Waals surface area contributed by atoms with E-state index in [0.29, 0.717) is 16.3 Å². The quantitative estimate of drug-likeness (QED) is 0.495. The molecule has 4 aromatic rings. The largest absolute Gasteiger partial charge is 0.416 e. The van der Waals surface area contributed by atoms with Crippen LogP contribution in [0.25, 0.3) is 22.4 Å². The van der Waals surface area contributed by atoms with Crippen LogP contribution in [0.2, 0.25) is 5.02 Å². The Bertz CT molecular complexity index is 1350. The van der Waals surface area contributed by atoms with Gasteiger partial charge >= 0.3 is 6.18 Å². The van der Waals surface area contributed by atoms with E-state index in [1.807, 2.05) is 0 Å². The van der Waals surface area contributed by atoms with Gasteiger partial charge in [-0.15, -0.1) is 0 Å². The maximum absolute atomic E-state index is 12.7. The summed E-state index contributed by atoms with van der Waals surface area (Å²) in [6.07, 6.45) is -2.04. The lowest BCUT2D eigenvalue weighted by Gasteiger charge is -2.09. The van der Waals surface area contributed by atoms with Gasteiger partial charge in [-0.05, 0) is 36.4 Å². The van der Waals surface area contributed by atoms with E-state index in [9.17, 15) is 22.8 Å². The van der Waals surface area contributed by atoms with E-state index < -0.39 is 23.2 Å². The number of hydrogen-bond acceptors (Lipinski definition) is 5. The number of hydrogen-bond donors (Lipinski definition) is 1.